The van der Waals surface area contributed by atoms with Crippen molar-refractivity contribution in [3.63, 3.8) is 0 Å². The van der Waals surface area contributed by atoms with Gasteiger partial charge in [0.05, 0.1) is 19.3 Å². The van der Waals surface area contributed by atoms with Crippen molar-refractivity contribution in [3.05, 3.63) is 22.6 Å². The zero-order chi connectivity index (χ0) is 21.6. The molecule has 1 rings (SSSR count). The van der Waals surface area contributed by atoms with Crippen LogP contribution in [-0.2, 0) is 14.3 Å². The molecule has 0 spiro atoms. The number of unbranched alkanes of at least 4 members (excludes halogenated alkanes) is 3. The molecule has 0 fully saturated rings. The van der Waals surface area contributed by atoms with Crippen molar-refractivity contribution in [2.75, 3.05) is 12.9 Å². The molecule has 5 nitrogen and oxygen atoms in total. The van der Waals surface area contributed by atoms with Gasteiger partial charge in [-0.3, -0.25) is 9.59 Å². The smallest absolute Gasteiger partial charge is 0.305 e. The SMILES string of the molecule is CCCC[C@@H](C)C[C@H](O)/C=C/[C@@H]1C(SCCCCCC(=O)OC)=C(C=O)C[C@H]1O. The lowest BCUT2D eigenvalue weighted by atomic mass is 9.96. The van der Waals surface area contributed by atoms with Gasteiger partial charge in [-0.1, -0.05) is 51.7 Å². The minimum atomic E-state index is -0.613. The molecule has 0 amide bonds. The first-order chi connectivity index (χ1) is 13.9. The molecule has 1 aliphatic carbocycles. The van der Waals surface area contributed by atoms with E-state index in [2.05, 4.69) is 18.6 Å². The van der Waals surface area contributed by atoms with Gasteiger partial charge < -0.3 is 14.9 Å². The zero-order valence-corrected chi connectivity index (χ0v) is 19.0. The Hall–Kier alpha value is -1.11. The summed E-state index contributed by atoms with van der Waals surface area (Å²) < 4.78 is 4.64. The van der Waals surface area contributed by atoms with Crippen LogP contribution in [0.2, 0.25) is 0 Å². The third-order valence-corrected chi connectivity index (χ3v) is 6.69. The Balaban J connectivity index is 2.53. The van der Waals surface area contributed by atoms with Gasteiger partial charge in [0.1, 0.15) is 6.29 Å². The van der Waals surface area contributed by atoms with Crippen LogP contribution in [0.1, 0.15) is 71.6 Å². The average molecular weight is 427 g/mol. The molecule has 0 radical (unpaired) electrons. The molecule has 0 saturated carbocycles. The zero-order valence-electron chi connectivity index (χ0n) is 18.1. The van der Waals surface area contributed by atoms with E-state index in [0.717, 1.165) is 49.0 Å². The number of aliphatic hydroxyl groups is 2. The fourth-order valence-corrected chi connectivity index (χ4v) is 4.91. The fourth-order valence-electron chi connectivity index (χ4n) is 3.59. The molecule has 4 atom stereocenters. The Morgan fingerprint density at radius 1 is 1.31 bits per heavy atom. The van der Waals surface area contributed by atoms with Gasteiger partial charge in [0.2, 0.25) is 0 Å². The Kier molecular flexibility index (Phi) is 13.2. The summed E-state index contributed by atoms with van der Waals surface area (Å²) in [4.78, 5) is 23.5. The van der Waals surface area contributed by atoms with Crippen LogP contribution in [0.15, 0.2) is 22.6 Å². The number of ether oxygens (including phenoxy) is 1. The maximum absolute atomic E-state index is 11.4. The minimum Gasteiger partial charge on any atom is -0.469 e. The number of carbonyl (C=O) groups is 2. The topological polar surface area (TPSA) is 83.8 Å². The molecule has 0 aromatic rings. The summed E-state index contributed by atoms with van der Waals surface area (Å²) >= 11 is 1.61. The second-order valence-corrected chi connectivity index (χ2v) is 9.11. The summed E-state index contributed by atoms with van der Waals surface area (Å²) in [5, 5.41) is 20.7. The molecule has 0 aliphatic heterocycles. The number of methoxy groups -OCH3 is 1. The van der Waals surface area contributed by atoms with E-state index in [1.807, 2.05) is 6.08 Å². The van der Waals surface area contributed by atoms with E-state index >= 15 is 0 Å². The highest BCUT2D eigenvalue weighted by atomic mass is 32.2. The van der Waals surface area contributed by atoms with E-state index in [4.69, 9.17) is 0 Å². The van der Waals surface area contributed by atoms with E-state index in [9.17, 15) is 19.8 Å². The average Bonchev–Trinajstić information content (AvgIpc) is 3.01. The molecule has 1 aliphatic rings. The highest BCUT2D eigenvalue weighted by Crippen LogP contribution is 2.40. The van der Waals surface area contributed by atoms with Crippen LogP contribution < -0.4 is 0 Å². The number of hydrogen-bond donors (Lipinski definition) is 2. The molecular formula is C23H38O5S. The molecule has 0 saturated heterocycles. The van der Waals surface area contributed by atoms with Gasteiger partial charge in [0.15, 0.2) is 0 Å². The highest BCUT2D eigenvalue weighted by molar-refractivity contribution is 8.03. The number of hydrogen-bond acceptors (Lipinski definition) is 6. The Morgan fingerprint density at radius 3 is 2.72 bits per heavy atom. The summed E-state index contributed by atoms with van der Waals surface area (Å²) in [6, 6.07) is 0. The van der Waals surface area contributed by atoms with Gasteiger partial charge in [-0.05, 0) is 30.9 Å². The van der Waals surface area contributed by atoms with Crippen molar-refractivity contribution in [1.29, 1.82) is 0 Å². The molecule has 2 N–H and O–H groups in total. The van der Waals surface area contributed by atoms with Crippen LogP contribution in [0, 0.1) is 11.8 Å². The summed E-state index contributed by atoms with van der Waals surface area (Å²) in [6.45, 7) is 4.32. The third-order valence-electron chi connectivity index (χ3n) is 5.35. The van der Waals surface area contributed by atoms with Gasteiger partial charge >= 0.3 is 5.97 Å². The van der Waals surface area contributed by atoms with Crippen molar-refractivity contribution >= 4 is 24.0 Å². The number of aldehydes is 1. The third kappa shape index (κ3) is 9.96. The van der Waals surface area contributed by atoms with Gasteiger partial charge in [0.25, 0.3) is 0 Å². The number of aliphatic hydroxyl groups excluding tert-OH is 2. The first-order valence-electron chi connectivity index (χ1n) is 10.8. The van der Waals surface area contributed by atoms with Crippen LogP contribution in [0.4, 0.5) is 0 Å². The summed E-state index contributed by atoms with van der Waals surface area (Å²) in [6.07, 6.45) is 11.0. The first kappa shape index (κ1) is 25.9. The van der Waals surface area contributed by atoms with Crippen molar-refractivity contribution in [1.82, 2.24) is 0 Å². The first-order valence-corrected chi connectivity index (χ1v) is 11.8. The van der Waals surface area contributed by atoms with E-state index in [0.29, 0.717) is 30.8 Å². The second-order valence-electron chi connectivity index (χ2n) is 7.98. The van der Waals surface area contributed by atoms with E-state index in [1.165, 1.54) is 13.5 Å². The standard InChI is InChI=1S/C23H38O5S/c1-4-5-9-17(2)14-19(25)11-12-20-21(26)15-18(16-24)23(20)29-13-8-6-7-10-22(27)28-3/h11-12,16-17,19-21,25-26H,4-10,13-15H2,1-3H3/b12-11+/t17-,19-,20+,21-/m1/s1. The van der Waals surface area contributed by atoms with Crippen LogP contribution in [0.3, 0.4) is 0 Å². The van der Waals surface area contributed by atoms with Gasteiger partial charge in [0, 0.05) is 29.2 Å². The second kappa shape index (κ2) is 14.8. The van der Waals surface area contributed by atoms with E-state index < -0.39 is 12.2 Å². The number of thioether (sulfide) groups is 1. The molecule has 6 heteroatoms. The molecule has 0 aromatic carbocycles. The van der Waals surface area contributed by atoms with Crippen molar-refractivity contribution in [3.8, 4) is 0 Å². The van der Waals surface area contributed by atoms with Gasteiger partial charge in [-0.25, -0.2) is 0 Å². The lowest BCUT2D eigenvalue weighted by Gasteiger charge is -2.17. The van der Waals surface area contributed by atoms with Crippen molar-refractivity contribution in [2.24, 2.45) is 11.8 Å². The molecule has 166 valence electrons. The van der Waals surface area contributed by atoms with Gasteiger partial charge in [-0.15, -0.1) is 11.8 Å². The lowest BCUT2D eigenvalue weighted by Crippen LogP contribution is -2.15. The Bertz CT molecular complexity index is 557. The van der Waals surface area contributed by atoms with E-state index in [-0.39, 0.29) is 11.9 Å². The summed E-state index contributed by atoms with van der Waals surface area (Å²) in [7, 11) is 1.40. The molecule has 0 heterocycles. The fraction of sp³-hybridized carbons (Fsp3) is 0.739. The number of esters is 1. The quantitative estimate of drug-likeness (QED) is 0.175. The molecule has 0 bridgehead atoms. The van der Waals surface area contributed by atoms with Crippen LogP contribution >= 0.6 is 11.8 Å². The monoisotopic (exact) mass is 426 g/mol. The minimum absolute atomic E-state index is 0.185. The number of rotatable bonds is 15. The Morgan fingerprint density at radius 2 is 2.07 bits per heavy atom. The normalized spacial score (nSPS) is 21.6. The molecular weight excluding hydrogens is 388 g/mol. The Labute approximate surface area is 180 Å². The van der Waals surface area contributed by atoms with E-state index in [1.54, 1.807) is 17.8 Å². The van der Waals surface area contributed by atoms with Gasteiger partial charge in [-0.2, -0.15) is 0 Å². The van der Waals surface area contributed by atoms with Crippen molar-refractivity contribution < 1.29 is 24.5 Å². The molecule has 0 aromatic heterocycles. The predicted octanol–water partition coefficient (Wildman–Crippen LogP) is 4.42. The van der Waals surface area contributed by atoms with Crippen LogP contribution in [0.25, 0.3) is 0 Å². The molecule has 0 unspecified atom stereocenters. The van der Waals surface area contributed by atoms with Crippen LogP contribution in [-0.4, -0.2) is 47.5 Å². The summed E-state index contributed by atoms with van der Waals surface area (Å²) in [5.41, 5.74) is 0.664. The largest absolute Gasteiger partial charge is 0.469 e. The number of carbonyl (C=O) groups excluding carboxylic acids is 2. The maximum Gasteiger partial charge on any atom is 0.305 e. The summed E-state index contributed by atoms with van der Waals surface area (Å²) in [5.74, 6) is 0.885. The highest BCUT2D eigenvalue weighted by Gasteiger charge is 2.32. The molecule has 29 heavy (non-hydrogen) atoms. The van der Waals surface area contributed by atoms with Crippen molar-refractivity contribution in [2.45, 2.75) is 83.8 Å². The maximum atomic E-state index is 11.4. The van der Waals surface area contributed by atoms with Crippen LogP contribution in [0.5, 0.6) is 0 Å². The predicted molar refractivity (Wildman–Crippen MR) is 119 cm³/mol. The lowest BCUT2D eigenvalue weighted by molar-refractivity contribution is -0.140.